The highest BCUT2D eigenvalue weighted by atomic mass is 32.1. The van der Waals surface area contributed by atoms with E-state index in [1.807, 2.05) is 0 Å². The Morgan fingerprint density at radius 3 is 2.80 bits per heavy atom. The van der Waals surface area contributed by atoms with E-state index in [4.69, 9.17) is 5.11 Å². The Kier molecular flexibility index (Phi) is 4.25. The highest BCUT2D eigenvalue weighted by molar-refractivity contribution is 7.10. The predicted molar refractivity (Wildman–Crippen MR) is 69.0 cm³/mol. The first kappa shape index (κ1) is 13.9. The zero-order valence-corrected chi connectivity index (χ0v) is 11.2. The lowest BCUT2D eigenvalue weighted by molar-refractivity contribution is -0.139. The van der Waals surface area contributed by atoms with Crippen LogP contribution in [0.5, 0.6) is 0 Å². The van der Waals surface area contributed by atoms with Crippen LogP contribution in [-0.2, 0) is 4.79 Å². The van der Waals surface area contributed by atoms with Crippen LogP contribution < -0.4 is 10.6 Å². The van der Waals surface area contributed by atoms with E-state index in [-0.39, 0.29) is 0 Å². The fourth-order valence-corrected chi connectivity index (χ4v) is 2.26. The van der Waals surface area contributed by atoms with Crippen LogP contribution in [0.3, 0.4) is 0 Å². The number of hydrogen-bond acceptors (Lipinski definition) is 6. The molecule has 2 aromatic heterocycles. The molecule has 0 aliphatic carbocycles. The number of aliphatic carboxylic acids is 1. The smallest absolute Gasteiger partial charge is 0.331 e. The first-order valence-electron chi connectivity index (χ1n) is 5.64. The van der Waals surface area contributed by atoms with Crippen molar-refractivity contribution >= 4 is 23.3 Å². The van der Waals surface area contributed by atoms with Gasteiger partial charge < -0.3 is 15.7 Å². The molecule has 0 aromatic carbocycles. The summed E-state index contributed by atoms with van der Waals surface area (Å²) >= 11 is 1.25. The lowest BCUT2D eigenvalue weighted by Crippen LogP contribution is -2.41. The summed E-state index contributed by atoms with van der Waals surface area (Å²) in [7, 11) is 0. The number of nitrogens with zero attached hydrogens (tertiary/aromatic N) is 3. The van der Waals surface area contributed by atoms with Gasteiger partial charge in [0.2, 0.25) is 0 Å². The highest BCUT2D eigenvalue weighted by Crippen LogP contribution is 2.19. The second-order valence-corrected chi connectivity index (χ2v) is 4.88. The number of carbonyl (C=O) groups excluding carboxylic acids is 1. The van der Waals surface area contributed by atoms with Crippen molar-refractivity contribution in [3.8, 4) is 0 Å². The van der Waals surface area contributed by atoms with Gasteiger partial charge in [0.1, 0.15) is 0 Å². The summed E-state index contributed by atoms with van der Waals surface area (Å²) in [4.78, 5) is 23.5. The first-order chi connectivity index (χ1) is 9.58. The second kappa shape index (κ2) is 6.10. The number of carboxylic acid groups (broad SMARTS) is 1. The molecule has 106 valence electrons. The van der Waals surface area contributed by atoms with Crippen LogP contribution in [0.2, 0.25) is 0 Å². The predicted octanol–water partition coefficient (Wildman–Crippen LogP) is 0.447. The number of H-pyrrole nitrogens is 1. The Balaban J connectivity index is 1.97. The molecule has 9 nitrogen and oxygen atoms in total. The van der Waals surface area contributed by atoms with Crippen LogP contribution >= 0.6 is 11.3 Å². The van der Waals surface area contributed by atoms with Gasteiger partial charge in [-0.1, -0.05) is 11.3 Å². The fraction of sp³-hybridized carbons (Fsp3) is 0.300. The summed E-state index contributed by atoms with van der Waals surface area (Å²) in [5.74, 6) is -0.821. The van der Waals surface area contributed by atoms with Gasteiger partial charge in [-0.2, -0.15) is 5.21 Å². The molecule has 4 N–H and O–H groups in total. The minimum absolute atomic E-state index is 0.308. The van der Waals surface area contributed by atoms with Gasteiger partial charge in [0.05, 0.1) is 6.04 Å². The number of hydrogen-bond donors (Lipinski definition) is 4. The maximum Gasteiger partial charge on any atom is 0.331 e. The van der Waals surface area contributed by atoms with E-state index < -0.39 is 24.1 Å². The van der Waals surface area contributed by atoms with Crippen LogP contribution in [0.25, 0.3) is 0 Å². The quantitative estimate of drug-likeness (QED) is 0.633. The SMILES string of the molecule is CC(NC(=O)NC(C(=O)O)c1cccs1)c1nn[nH]n1. The van der Waals surface area contributed by atoms with Gasteiger partial charge in [-0.3, -0.25) is 0 Å². The zero-order valence-electron chi connectivity index (χ0n) is 10.4. The molecular weight excluding hydrogens is 284 g/mol. The molecule has 10 heteroatoms. The monoisotopic (exact) mass is 296 g/mol. The lowest BCUT2D eigenvalue weighted by atomic mass is 10.2. The molecule has 2 rings (SSSR count). The second-order valence-electron chi connectivity index (χ2n) is 3.90. The Labute approximate surface area is 117 Å². The van der Waals surface area contributed by atoms with Gasteiger partial charge in [-0.05, 0) is 18.4 Å². The Morgan fingerprint density at radius 1 is 1.45 bits per heavy atom. The van der Waals surface area contributed by atoms with E-state index in [1.165, 1.54) is 11.3 Å². The van der Waals surface area contributed by atoms with E-state index in [0.717, 1.165) is 0 Å². The van der Waals surface area contributed by atoms with Crippen LogP contribution in [0.15, 0.2) is 17.5 Å². The maximum absolute atomic E-state index is 11.8. The first-order valence-corrected chi connectivity index (χ1v) is 6.52. The molecule has 0 saturated carbocycles. The van der Waals surface area contributed by atoms with Crippen LogP contribution in [0.4, 0.5) is 4.79 Å². The van der Waals surface area contributed by atoms with Crippen LogP contribution in [-0.4, -0.2) is 37.7 Å². The zero-order chi connectivity index (χ0) is 14.5. The Hall–Kier alpha value is -2.49. The maximum atomic E-state index is 11.8. The summed E-state index contributed by atoms with van der Waals surface area (Å²) in [6, 6.07) is 1.16. The molecule has 0 fully saturated rings. The molecule has 0 saturated heterocycles. The van der Waals surface area contributed by atoms with Crippen molar-refractivity contribution in [1.82, 2.24) is 31.3 Å². The fourth-order valence-electron chi connectivity index (χ4n) is 1.50. The number of rotatable bonds is 5. The highest BCUT2D eigenvalue weighted by Gasteiger charge is 2.24. The van der Waals surface area contributed by atoms with Crippen molar-refractivity contribution in [1.29, 1.82) is 0 Å². The molecule has 0 spiro atoms. The van der Waals surface area contributed by atoms with Gasteiger partial charge in [-0.25, -0.2) is 9.59 Å². The Morgan fingerprint density at radius 2 is 2.25 bits per heavy atom. The van der Waals surface area contributed by atoms with E-state index in [0.29, 0.717) is 10.7 Å². The van der Waals surface area contributed by atoms with Crippen LogP contribution in [0, 0.1) is 0 Å². The summed E-state index contributed by atoms with van der Waals surface area (Å²) < 4.78 is 0. The van der Waals surface area contributed by atoms with E-state index in [1.54, 1.807) is 24.4 Å². The third kappa shape index (κ3) is 3.29. The normalized spacial score (nSPS) is 13.4. The molecule has 0 bridgehead atoms. The molecule has 2 unspecified atom stereocenters. The minimum Gasteiger partial charge on any atom is -0.479 e. The minimum atomic E-state index is -1.13. The van der Waals surface area contributed by atoms with Crippen molar-refractivity contribution < 1.29 is 14.7 Å². The van der Waals surface area contributed by atoms with Crippen molar-refractivity contribution in [3.63, 3.8) is 0 Å². The topological polar surface area (TPSA) is 133 Å². The van der Waals surface area contributed by atoms with Gasteiger partial charge in [0, 0.05) is 4.88 Å². The van der Waals surface area contributed by atoms with Crippen molar-refractivity contribution in [2.75, 3.05) is 0 Å². The third-order valence-corrected chi connectivity index (χ3v) is 3.38. The van der Waals surface area contributed by atoms with E-state index >= 15 is 0 Å². The number of carboxylic acids is 1. The molecule has 20 heavy (non-hydrogen) atoms. The largest absolute Gasteiger partial charge is 0.479 e. The summed E-state index contributed by atoms with van der Waals surface area (Å²) in [5.41, 5.74) is 0. The molecule has 0 aliphatic heterocycles. The molecule has 2 aromatic rings. The number of amides is 2. The van der Waals surface area contributed by atoms with Gasteiger partial charge >= 0.3 is 12.0 Å². The van der Waals surface area contributed by atoms with Gasteiger partial charge in [0.15, 0.2) is 11.9 Å². The number of carbonyl (C=O) groups is 2. The standard InChI is InChI=1S/C10H12N6O3S/c1-5(8-13-15-16-14-8)11-10(19)12-7(9(17)18)6-3-2-4-20-6/h2-5,7H,1H3,(H,17,18)(H2,11,12,19)(H,13,14,15,16). The summed E-state index contributed by atoms with van der Waals surface area (Å²) in [6.07, 6.45) is 0. The summed E-state index contributed by atoms with van der Waals surface area (Å²) in [5, 5.41) is 28.9. The average molecular weight is 296 g/mol. The average Bonchev–Trinajstić information content (AvgIpc) is 3.08. The molecule has 0 aliphatic rings. The lowest BCUT2D eigenvalue weighted by Gasteiger charge is -2.15. The van der Waals surface area contributed by atoms with Crippen LogP contribution in [0.1, 0.15) is 29.7 Å². The van der Waals surface area contributed by atoms with Crippen molar-refractivity contribution in [2.24, 2.45) is 0 Å². The number of thiophene rings is 1. The molecule has 2 atom stereocenters. The number of urea groups is 1. The Bertz CT molecular complexity index is 570. The number of aromatic nitrogens is 4. The van der Waals surface area contributed by atoms with Gasteiger partial charge in [0.25, 0.3) is 0 Å². The van der Waals surface area contributed by atoms with E-state index in [2.05, 4.69) is 31.3 Å². The van der Waals surface area contributed by atoms with Crippen molar-refractivity contribution in [2.45, 2.75) is 19.0 Å². The third-order valence-electron chi connectivity index (χ3n) is 2.45. The summed E-state index contributed by atoms with van der Waals surface area (Å²) in [6.45, 7) is 1.66. The molecule has 2 amide bonds. The molecular formula is C10H12N6O3S. The molecule has 2 heterocycles. The number of tetrazole rings is 1. The van der Waals surface area contributed by atoms with E-state index in [9.17, 15) is 9.59 Å². The van der Waals surface area contributed by atoms with Gasteiger partial charge in [-0.15, -0.1) is 21.5 Å². The molecule has 0 radical (unpaired) electrons. The van der Waals surface area contributed by atoms with Crippen molar-refractivity contribution in [3.05, 3.63) is 28.2 Å². The number of aromatic amines is 1. The number of nitrogens with one attached hydrogen (secondary N) is 3.